The largest absolute Gasteiger partial charge is 0.465 e. The average Bonchev–Trinajstić information content (AvgIpc) is 3.24. The molecule has 1 unspecified atom stereocenters. The number of esters is 1. The minimum absolute atomic E-state index is 0.0348. The number of unbranched alkanes of at least 4 members (excludes halogenated alkanes) is 1. The van der Waals surface area contributed by atoms with Crippen LogP contribution in [0, 0.1) is 11.8 Å². The van der Waals surface area contributed by atoms with E-state index >= 15 is 0 Å². The fourth-order valence-corrected chi connectivity index (χ4v) is 2.46. The standard InChI is InChI=1S/C16H22ClNO2/c1-2-3-8-20-16(19)13(12-5-6-12)9-11-4-7-14(17)15(18)10-11/h4,7,10,12-13H,2-3,5-6,8-9,18H2,1H3. The summed E-state index contributed by atoms with van der Waals surface area (Å²) in [4.78, 5) is 12.2. The molecule has 1 aromatic rings. The molecule has 0 amide bonds. The van der Waals surface area contributed by atoms with Gasteiger partial charge < -0.3 is 10.5 Å². The maximum Gasteiger partial charge on any atom is 0.309 e. The smallest absolute Gasteiger partial charge is 0.309 e. The van der Waals surface area contributed by atoms with Crippen LogP contribution < -0.4 is 5.73 Å². The van der Waals surface area contributed by atoms with Crippen LogP contribution in [0.4, 0.5) is 5.69 Å². The molecule has 1 fully saturated rings. The Balaban J connectivity index is 1.98. The maximum absolute atomic E-state index is 12.2. The summed E-state index contributed by atoms with van der Waals surface area (Å²) in [6.45, 7) is 2.62. The van der Waals surface area contributed by atoms with Crippen LogP contribution in [0.2, 0.25) is 5.02 Å². The molecule has 20 heavy (non-hydrogen) atoms. The van der Waals surface area contributed by atoms with Crippen molar-refractivity contribution in [2.75, 3.05) is 12.3 Å². The Hall–Kier alpha value is -1.22. The van der Waals surface area contributed by atoms with Gasteiger partial charge in [-0.15, -0.1) is 0 Å². The van der Waals surface area contributed by atoms with E-state index in [-0.39, 0.29) is 11.9 Å². The Morgan fingerprint density at radius 1 is 1.50 bits per heavy atom. The third kappa shape index (κ3) is 4.14. The molecule has 1 aliphatic carbocycles. The normalized spacial score (nSPS) is 15.9. The highest BCUT2D eigenvalue weighted by Crippen LogP contribution is 2.39. The third-order valence-corrected chi connectivity index (χ3v) is 4.10. The molecule has 0 aliphatic heterocycles. The fourth-order valence-electron chi connectivity index (χ4n) is 2.34. The number of halogens is 1. The highest BCUT2D eigenvalue weighted by Gasteiger charge is 2.37. The van der Waals surface area contributed by atoms with Gasteiger partial charge in [0.15, 0.2) is 0 Å². The summed E-state index contributed by atoms with van der Waals surface area (Å²) in [5.41, 5.74) is 7.43. The van der Waals surface area contributed by atoms with Crippen LogP contribution in [-0.4, -0.2) is 12.6 Å². The lowest BCUT2D eigenvalue weighted by Crippen LogP contribution is -2.22. The van der Waals surface area contributed by atoms with Crippen molar-refractivity contribution in [1.29, 1.82) is 0 Å². The molecule has 110 valence electrons. The molecule has 0 heterocycles. The summed E-state index contributed by atoms with van der Waals surface area (Å²) in [7, 11) is 0. The molecule has 0 saturated heterocycles. The van der Waals surface area contributed by atoms with Gasteiger partial charge in [0.25, 0.3) is 0 Å². The van der Waals surface area contributed by atoms with E-state index in [0.717, 1.165) is 31.2 Å². The lowest BCUT2D eigenvalue weighted by Gasteiger charge is -2.16. The number of carbonyl (C=O) groups is 1. The number of hydrogen-bond acceptors (Lipinski definition) is 3. The summed E-state index contributed by atoms with van der Waals surface area (Å²) < 4.78 is 5.38. The van der Waals surface area contributed by atoms with Crippen molar-refractivity contribution in [3.63, 3.8) is 0 Å². The van der Waals surface area contributed by atoms with Gasteiger partial charge >= 0.3 is 5.97 Å². The van der Waals surface area contributed by atoms with Crippen molar-refractivity contribution < 1.29 is 9.53 Å². The van der Waals surface area contributed by atoms with Gasteiger partial charge in [-0.05, 0) is 49.3 Å². The van der Waals surface area contributed by atoms with Crippen LogP contribution >= 0.6 is 11.6 Å². The van der Waals surface area contributed by atoms with E-state index in [9.17, 15) is 4.79 Å². The van der Waals surface area contributed by atoms with Crippen LogP contribution in [0.5, 0.6) is 0 Å². The number of anilines is 1. The first kappa shape index (κ1) is 15.2. The van der Waals surface area contributed by atoms with E-state index < -0.39 is 0 Å². The van der Waals surface area contributed by atoms with E-state index in [4.69, 9.17) is 22.1 Å². The molecule has 0 spiro atoms. The second-order valence-corrected chi connectivity index (χ2v) is 5.93. The molecule has 0 aromatic heterocycles. The number of ether oxygens (including phenoxy) is 1. The van der Waals surface area contributed by atoms with E-state index in [1.807, 2.05) is 12.1 Å². The van der Waals surface area contributed by atoms with Crippen LogP contribution in [0.15, 0.2) is 18.2 Å². The Morgan fingerprint density at radius 3 is 2.85 bits per heavy atom. The topological polar surface area (TPSA) is 52.3 Å². The first-order valence-electron chi connectivity index (χ1n) is 7.32. The summed E-state index contributed by atoms with van der Waals surface area (Å²) in [6, 6.07) is 5.59. The number of nitrogens with two attached hydrogens (primary N) is 1. The number of benzene rings is 1. The van der Waals surface area contributed by atoms with Gasteiger partial charge in [-0.2, -0.15) is 0 Å². The van der Waals surface area contributed by atoms with E-state index in [0.29, 0.717) is 29.7 Å². The van der Waals surface area contributed by atoms with E-state index in [1.54, 1.807) is 6.07 Å². The van der Waals surface area contributed by atoms with Gasteiger partial charge in [0, 0.05) is 0 Å². The number of rotatable bonds is 7. The first-order chi connectivity index (χ1) is 9.61. The van der Waals surface area contributed by atoms with Crippen molar-refractivity contribution in [2.24, 2.45) is 11.8 Å². The molecular weight excluding hydrogens is 274 g/mol. The Morgan fingerprint density at radius 2 is 2.25 bits per heavy atom. The SMILES string of the molecule is CCCCOC(=O)C(Cc1ccc(Cl)c(N)c1)C1CC1. The highest BCUT2D eigenvalue weighted by atomic mass is 35.5. The number of hydrogen-bond donors (Lipinski definition) is 1. The van der Waals surface area contributed by atoms with Gasteiger partial charge in [0.1, 0.15) is 0 Å². The second-order valence-electron chi connectivity index (χ2n) is 5.52. The van der Waals surface area contributed by atoms with Crippen LogP contribution in [0.1, 0.15) is 38.2 Å². The van der Waals surface area contributed by atoms with Crippen molar-refractivity contribution in [3.8, 4) is 0 Å². The van der Waals surface area contributed by atoms with Gasteiger partial charge in [-0.25, -0.2) is 0 Å². The number of nitrogen functional groups attached to an aromatic ring is 1. The lowest BCUT2D eigenvalue weighted by molar-refractivity contribution is -0.149. The lowest BCUT2D eigenvalue weighted by atomic mass is 9.94. The molecule has 4 heteroatoms. The second kappa shape index (κ2) is 6.98. The molecule has 1 aromatic carbocycles. The van der Waals surface area contributed by atoms with Crippen LogP contribution in [0.25, 0.3) is 0 Å². The summed E-state index contributed by atoms with van der Waals surface area (Å²) in [5.74, 6) is 0.378. The van der Waals surface area contributed by atoms with E-state index in [1.165, 1.54) is 0 Å². The summed E-state index contributed by atoms with van der Waals surface area (Å²) in [6.07, 6.45) is 4.90. The molecule has 1 aliphatic rings. The molecule has 2 N–H and O–H groups in total. The zero-order valence-electron chi connectivity index (χ0n) is 11.9. The molecule has 1 saturated carbocycles. The molecule has 3 nitrogen and oxygen atoms in total. The highest BCUT2D eigenvalue weighted by molar-refractivity contribution is 6.33. The zero-order chi connectivity index (χ0) is 14.5. The van der Waals surface area contributed by atoms with Gasteiger partial charge in [0.05, 0.1) is 23.2 Å². The fraction of sp³-hybridized carbons (Fsp3) is 0.562. The summed E-state index contributed by atoms with van der Waals surface area (Å²) in [5, 5.41) is 0.558. The Labute approximate surface area is 125 Å². The molecule has 2 rings (SSSR count). The van der Waals surface area contributed by atoms with Crippen molar-refractivity contribution >= 4 is 23.3 Å². The molecule has 0 radical (unpaired) electrons. The quantitative estimate of drug-likeness (QED) is 0.472. The van der Waals surface area contributed by atoms with Gasteiger partial charge in [0.2, 0.25) is 0 Å². The third-order valence-electron chi connectivity index (χ3n) is 3.75. The first-order valence-corrected chi connectivity index (χ1v) is 7.70. The van der Waals surface area contributed by atoms with Crippen molar-refractivity contribution in [2.45, 2.75) is 39.0 Å². The minimum Gasteiger partial charge on any atom is -0.465 e. The Bertz CT molecular complexity index is 472. The predicted octanol–water partition coefficient (Wildman–Crippen LogP) is 3.83. The maximum atomic E-state index is 12.2. The zero-order valence-corrected chi connectivity index (χ0v) is 12.7. The van der Waals surface area contributed by atoms with Crippen LogP contribution in [-0.2, 0) is 16.0 Å². The minimum atomic E-state index is -0.0607. The number of carbonyl (C=O) groups excluding carboxylic acids is 1. The van der Waals surface area contributed by atoms with E-state index in [2.05, 4.69) is 6.92 Å². The molecule has 0 bridgehead atoms. The summed E-state index contributed by atoms with van der Waals surface area (Å²) >= 11 is 5.92. The molecular formula is C16H22ClNO2. The van der Waals surface area contributed by atoms with Crippen molar-refractivity contribution in [1.82, 2.24) is 0 Å². The monoisotopic (exact) mass is 295 g/mol. The Kier molecular flexibility index (Phi) is 5.30. The van der Waals surface area contributed by atoms with Gasteiger partial charge in [-0.1, -0.05) is 31.0 Å². The van der Waals surface area contributed by atoms with Gasteiger partial charge in [-0.3, -0.25) is 4.79 Å². The molecule has 1 atom stereocenters. The predicted molar refractivity (Wildman–Crippen MR) is 81.6 cm³/mol. The van der Waals surface area contributed by atoms with Crippen LogP contribution in [0.3, 0.4) is 0 Å². The van der Waals surface area contributed by atoms with Crippen molar-refractivity contribution in [3.05, 3.63) is 28.8 Å². The average molecular weight is 296 g/mol.